The second kappa shape index (κ2) is 6.50. The lowest BCUT2D eigenvalue weighted by Gasteiger charge is -2.23. The van der Waals surface area contributed by atoms with Crippen LogP contribution in [0.3, 0.4) is 0 Å². The molecule has 118 valence electrons. The largest absolute Gasteiger partial charge is 0.399 e. The highest BCUT2D eigenvalue weighted by Gasteiger charge is 2.28. The van der Waals surface area contributed by atoms with Gasteiger partial charge in [0.25, 0.3) is 0 Å². The molecule has 1 aromatic carbocycles. The number of hydrogen-bond donors (Lipinski definition) is 2. The molecular formula is C14H20ClFN2O2S. The van der Waals surface area contributed by atoms with E-state index in [1.165, 1.54) is 6.07 Å². The van der Waals surface area contributed by atoms with Crippen LogP contribution in [-0.4, -0.2) is 14.5 Å². The lowest BCUT2D eigenvalue weighted by Crippen LogP contribution is -2.39. The highest BCUT2D eigenvalue weighted by Crippen LogP contribution is 2.28. The zero-order chi connectivity index (χ0) is 15.6. The Morgan fingerprint density at radius 2 is 1.95 bits per heavy atom. The smallest absolute Gasteiger partial charge is 0.243 e. The molecule has 2 rings (SSSR count). The number of nitrogens with two attached hydrogens (primary N) is 1. The van der Waals surface area contributed by atoms with Crippen LogP contribution in [0.15, 0.2) is 17.0 Å². The van der Waals surface area contributed by atoms with Gasteiger partial charge >= 0.3 is 0 Å². The summed E-state index contributed by atoms with van der Waals surface area (Å²) in [5.74, 6) is -0.735. The quantitative estimate of drug-likeness (QED) is 0.658. The molecule has 0 heterocycles. The maximum Gasteiger partial charge on any atom is 0.243 e. The minimum Gasteiger partial charge on any atom is -0.399 e. The maximum atomic E-state index is 14.0. The Hall–Kier alpha value is -0.850. The average molecular weight is 335 g/mol. The molecule has 0 bridgehead atoms. The second-order valence-electron chi connectivity index (χ2n) is 5.66. The fourth-order valence-electron chi connectivity index (χ4n) is 2.71. The summed E-state index contributed by atoms with van der Waals surface area (Å²) in [5.41, 5.74) is 5.69. The van der Waals surface area contributed by atoms with Crippen molar-refractivity contribution in [3.8, 4) is 0 Å². The second-order valence-corrected chi connectivity index (χ2v) is 7.75. The Balaban J connectivity index is 2.30. The van der Waals surface area contributed by atoms with Crippen LogP contribution in [0.5, 0.6) is 0 Å². The molecule has 21 heavy (non-hydrogen) atoms. The topological polar surface area (TPSA) is 72.2 Å². The van der Waals surface area contributed by atoms with Crippen molar-refractivity contribution in [3.63, 3.8) is 0 Å². The van der Waals surface area contributed by atoms with Gasteiger partial charge in [0.05, 0.1) is 5.02 Å². The van der Waals surface area contributed by atoms with Gasteiger partial charge in [-0.3, -0.25) is 0 Å². The van der Waals surface area contributed by atoms with Crippen molar-refractivity contribution in [2.24, 2.45) is 5.92 Å². The van der Waals surface area contributed by atoms with Gasteiger partial charge in [-0.2, -0.15) is 0 Å². The number of sulfonamides is 1. The highest BCUT2D eigenvalue weighted by molar-refractivity contribution is 7.89. The minimum atomic E-state index is -3.97. The molecule has 1 saturated carbocycles. The van der Waals surface area contributed by atoms with E-state index in [2.05, 4.69) is 4.72 Å². The van der Waals surface area contributed by atoms with Crippen molar-refractivity contribution in [1.29, 1.82) is 0 Å². The Morgan fingerprint density at radius 3 is 2.67 bits per heavy atom. The zero-order valence-electron chi connectivity index (χ0n) is 11.9. The standard InChI is InChI=1S/C14H20ClFN2O2S/c1-9-5-3-2-4-6-12(9)18-21(19,20)13-8-10(17)7-11(15)14(13)16/h7-9,12,18H,2-6,17H2,1H3. The summed E-state index contributed by atoms with van der Waals surface area (Å²) >= 11 is 5.68. The van der Waals surface area contributed by atoms with Gasteiger partial charge in [0.2, 0.25) is 10.0 Å². The minimum absolute atomic E-state index is 0.121. The van der Waals surface area contributed by atoms with E-state index >= 15 is 0 Å². The number of anilines is 1. The fourth-order valence-corrected chi connectivity index (χ4v) is 4.51. The van der Waals surface area contributed by atoms with Gasteiger partial charge in [-0.1, -0.05) is 37.8 Å². The van der Waals surface area contributed by atoms with Gasteiger partial charge in [0.15, 0.2) is 5.82 Å². The van der Waals surface area contributed by atoms with E-state index < -0.39 is 20.7 Å². The van der Waals surface area contributed by atoms with Gasteiger partial charge in [0, 0.05) is 11.7 Å². The van der Waals surface area contributed by atoms with E-state index in [0.29, 0.717) is 0 Å². The van der Waals surface area contributed by atoms with E-state index in [4.69, 9.17) is 17.3 Å². The number of benzene rings is 1. The summed E-state index contributed by atoms with van der Waals surface area (Å²) in [7, 11) is -3.97. The third kappa shape index (κ3) is 3.87. The molecule has 0 amide bonds. The van der Waals surface area contributed by atoms with Crippen molar-refractivity contribution in [2.45, 2.75) is 50.0 Å². The van der Waals surface area contributed by atoms with Crippen LogP contribution < -0.4 is 10.5 Å². The monoisotopic (exact) mass is 334 g/mol. The van der Waals surface area contributed by atoms with Gasteiger partial charge in [-0.25, -0.2) is 17.5 Å². The molecule has 1 aromatic rings. The van der Waals surface area contributed by atoms with Crippen LogP contribution >= 0.6 is 11.6 Å². The van der Waals surface area contributed by atoms with E-state index in [9.17, 15) is 12.8 Å². The number of nitrogens with one attached hydrogen (secondary N) is 1. The Kier molecular flexibility index (Phi) is 5.11. The molecule has 3 N–H and O–H groups in total. The Labute approximate surface area is 129 Å². The molecule has 0 aliphatic heterocycles. The van der Waals surface area contributed by atoms with Crippen LogP contribution in [0.1, 0.15) is 39.0 Å². The van der Waals surface area contributed by atoms with Crippen molar-refractivity contribution >= 4 is 27.3 Å². The lowest BCUT2D eigenvalue weighted by molar-refractivity contribution is 0.398. The summed E-state index contributed by atoms with van der Waals surface area (Å²) < 4.78 is 41.5. The third-order valence-corrected chi connectivity index (χ3v) is 5.74. The van der Waals surface area contributed by atoms with Crippen LogP contribution in [0, 0.1) is 11.7 Å². The molecule has 2 atom stereocenters. The molecule has 7 heteroatoms. The van der Waals surface area contributed by atoms with Crippen molar-refractivity contribution in [3.05, 3.63) is 23.0 Å². The predicted molar refractivity (Wildman–Crippen MR) is 82.2 cm³/mol. The molecule has 2 unspecified atom stereocenters. The highest BCUT2D eigenvalue weighted by atomic mass is 35.5. The molecule has 0 saturated heterocycles. The first kappa shape index (κ1) is 16.5. The normalized spacial score (nSPS) is 23.8. The van der Waals surface area contributed by atoms with Crippen LogP contribution in [-0.2, 0) is 10.0 Å². The van der Waals surface area contributed by atoms with Gasteiger partial charge in [0.1, 0.15) is 4.90 Å². The lowest BCUT2D eigenvalue weighted by atomic mass is 9.98. The maximum absolute atomic E-state index is 14.0. The van der Waals surface area contributed by atoms with E-state index in [1.807, 2.05) is 6.92 Å². The summed E-state index contributed by atoms with van der Waals surface area (Å²) in [6, 6.07) is 2.12. The first-order valence-electron chi connectivity index (χ1n) is 7.08. The molecule has 1 aliphatic carbocycles. The molecule has 0 aromatic heterocycles. The van der Waals surface area contributed by atoms with Crippen LogP contribution in [0.25, 0.3) is 0 Å². The summed E-state index contributed by atoms with van der Waals surface area (Å²) in [6.45, 7) is 2.02. The molecule has 4 nitrogen and oxygen atoms in total. The summed E-state index contributed by atoms with van der Waals surface area (Å²) in [4.78, 5) is -0.482. The molecule has 0 radical (unpaired) electrons. The number of hydrogen-bond acceptors (Lipinski definition) is 3. The van der Waals surface area contributed by atoms with Crippen molar-refractivity contribution in [2.75, 3.05) is 5.73 Å². The van der Waals surface area contributed by atoms with Gasteiger partial charge in [-0.15, -0.1) is 0 Å². The fraction of sp³-hybridized carbons (Fsp3) is 0.571. The van der Waals surface area contributed by atoms with Crippen LogP contribution in [0.2, 0.25) is 5.02 Å². The zero-order valence-corrected chi connectivity index (χ0v) is 13.5. The predicted octanol–water partition coefficient (Wildman–Crippen LogP) is 3.31. The van der Waals surface area contributed by atoms with Crippen molar-refractivity contribution in [1.82, 2.24) is 4.72 Å². The molecular weight excluding hydrogens is 315 g/mol. The SMILES string of the molecule is CC1CCCCCC1NS(=O)(=O)c1cc(N)cc(Cl)c1F. The van der Waals surface area contributed by atoms with Crippen molar-refractivity contribution < 1.29 is 12.8 Å². The number of nitrogen functional groups attached to an aromatic ring is 1. The number of halogens is 2. The number of rotatable bonds is 3. The van der Waals surface area contributed by atoms with Gasteiger partial charge in [-0.05, 0) is 30.9 Å². The average Bonchev–Trinajstić information content (AvgIpc) is 2.59. The molecule has 1 aliphatic rings. The first-order valence-corrected chi connectivity index (χ1v) is 8.94. The first-order chi connectivity index (χ1) is 9.81. The summed E-state index contributed by atoms with van der Waals surface area (Å²) in [6.07, 6.45) is 4.89. The molecule has 0 spiro atoms. The molecule has 1 fully saturated rings. The Morgan fingerprint density at radius 1 is 1.29 bits per heavy atom. The van der Waals surface area contributed by atoms with E-state index in [0.717, 1.165) is 38.2 Å². The Bertz CT molecular complexity index is 622. The van der Waals surface area contributed by atoms with E-state index in [-0.39, 0.29) is 22.7 Å². The van der Waals surface area contributed by atoms with E-state index in [1.54, 1.807) is 0 Å². The van der Waals surface area contributed by atoms with Gasteiger partial charge < -0.3 is 5.73 Å². The van der Waals surface area contributed by atoms with Crippen LogP contribution in [0.4, 0.5) is 10.1 Å². The summed E-state index contributed by atoms with van der Waals surface area (Å²) in [5, 5.41) is -0.288. The third-order valence-electron chi connectivity index (χ3n) is 3.97.